The van der Waals surface area contributed by atoms with E-state index in [1.165, 1.54) is 12.1 Å². The number of hydrogen-bond acceptors (Lipinski definition) is 3. The normalized spacial score (nSPS) is 20.6. The molecule has 4 rings (SSSR count). The maximum Gasteiger partial charge on any atom is 0.318 e. The van der Waals surface area contributed by atoms with Gasteiger partial charge >= 0.3 is 6.03 Å². The lowest BCUT2D eigenvalue weighted by atomic mass is 9.99. The van der Waals surface area contributed by atoms with E-state index < -0.39 is 0 Å². The van der Waals surface area contributed by atoms with Gasteiger partial charge in [0.15, 0.2) is 0 Å². The molecule has 2 atom stereocenters. The van der Waals surface area contributed by atoms with Gasteiger partial charge in [-0.2, -0.15) is 0 Å². The van der Waals surface area contributed by atoms with E-state index in [0.717, 1.165) is 37.2 Å². The number of hydrogen-bond donors (Lipinski definition) is 1. The number of halogens is 2. The zero-order valence-corrected chi connectivity index (χ0v) is 16.9. The smallest absolute Gasteiger partial charge is 0.318 e. The summed E-state index contributed by atoms with van der Waals surface area (Å²) in [7, 11) is 0. The van der Waals surface area contributed by atoms with Gasteiger partial charge in [0.05, 0.1) is 12.1 Å². The van der Waals surface area contributed by atoms with Crippen LogP contribution in [0, 0.1) is 5.82 Å². The van der Waals surface area contributed by atoms with Gasteiger partial charge in [-0.1, -0.05) is 29.8 Å². The van der Waals surface area contributed by atoms with Crippen LogP contribution in [0.25, 0.3) is 0 Å². The summed E-state index contributed by atoms with van der Waals surface area (Å²) in [5, 5.41) is 3.84. The van der Waals surface area contributed by atoms with Crippen molar-refractivity contribution in [2.24, 2.45) is 0 Å². The highest BCUT2D eigenvalue weighted by Gasteiger charge is 2.31. The Balaban J connectivity index is 1.40. The monoisotopic (exact) mass is 417 g/mol. The number of rotatable bonds is 4. The summed E-state index contributed by atoms with van der Waals surface area (Å²) in [5.41, 5.74) is 1.94. The van der Waals surface area contributed by atoms with Crippen LogP contribution in [0.15, 0.2) is 48.5 Å². The predicted octanol–water partition coefficient (Wildman–Crippen LogP) is 4.23. The van der Waals surface area contributed by atoms with Crippen molar-refractivity contribution in [1.29, 1.82) is 0 Å². The second-order valence-corrected chi connectivity index (χ2v) is 7.92. The average molecular weight is 418 g/mol. The minimum absolute atomic E-state index is 0.0860. The number of piperazine rings is 1. The molecule has 2 aliphatic heterocycles. The third-order valence-electron chi connectivity index (χ3n) is 5.59. The second-order valence-electron chi connectivity index (χ2n) is 7.48. The first-order valence-corrected chi connectivity index (χ1v) is 10.4. The van der Waals surface area contributed by atoms with Crippen LogP contribution in [0.2, 0.25) is 5.02 Å². The number of nitrogens with one attached hydrogen (secondary N) is 1. The Bertz CT molecular complexity index is 834. The van der Waals surface area contributed by atoms with Gasteiger partial charge in [0, 0.05) is 43.5 Å². The van der Waals surface area contributed by atoms with Crippen LogP contribution in [0.5, 0.6) is 0 Å². The molecule has 2 heterocycles. The molecule has 0 aromatic heterocycles. The standard InChI is InChI=1S/C22H25ClFN3O2/c23-17-3-1-4-19(15-17)26-10-12-27(13-11-26)22(28)25-21(20-5-2-14-29-20)16-6-8-18(24)9-7-16/h1,3-4,6-9,15,20-21H,2,5,10-14H2,(H,25,28)/t20-,21+/m0/s1. The minimum Gasteiger partial charge on any atom is -0.376 e. The molecule has 2 aromatic carbocycles. The third kappa shape index (κ3) is 4.82. The summed E-state index contributed by atoms with van der Waals surface area (Å²) >= 11 is 6.09. The molecule has 2 aromatic rings. The first-order chi connectivity index (χ1) is 14.1. The maximum absolute atomic E-state index is 13.3. The molecule has 154 valence electrons. The van der Waals surface area contributed by atoms with Crippen molar-refractivity contribution in [3.63, 3.8) is 0 Å². The molecular weight excluding hydrogens is 393 g/mol. The summed E-state index contributed by atoms with van der Waals surface area (Å²) in [6.45, 7) is 3.43. The van der Waals surface area contributed by atoms with E-state index in [-0.39, 0.29) is 24.0 Å². The lowest BCUT2D eigenvalue weighted by Crippen LogP contribution is -2.53. The molecule has 5 nitrogen and oxygen atoms in total. The summed E-state index contributed by atoms with van der Waals surface area (Å²) < 4.78 is 19.2. The molecule has 0 bridgehead atoms. The molecular formula is C22H25ClFN3O2. The van der Waals surface area contributed by atoms with Crippen molar-refractivity contribution in [1.82, 2.24) is 10.2 Å². The second kappa shape index (κ2) is 9.01. The van der Waals surface area contributed by atoms with Crippen LogP contribution in [0.4, 0.5) is 14.9 Å². The number of nitrogens with zero attached hydrogens (tertiary/aromatic N) is 2. The molecule has 2 saturated heterocycles. The van der Waals surface area contributed by atoms with E-state index in [0.29, 0.717) is 24.7 Å². The molecule has 0 aliphatic carbocycles. The molecule has 0 unspecified atom stereocenters. The van der Waals surface area contributed by atoms with Crippen LogP contribution in [0.3, 0.4) is 0 Å². The van der Waals surface area contributed by atoms with Gasteiger partial charge in [0.25, 0.3) is 0 Å². The molecule has 0 saturated carbocycles. The fraction of sp³-hybridized carbons (Fsp3) is 0.409. The number of urea groups is 1. The topological polar surface area (TPSA) is 44.8 Å². The summed E-state index contributed by atoms with van der Waals surface area (Å²) in [5.74, 6) is -0.289. The first kappa shape index (κ1) is 20.0. The summed E-state index contributed by atoms with van der Waals surface area (Å²) in [6, 6.07) is 13.7. The number of anilines is 1. The molecule has 1 N–H and O–H groups in total. The van der Waals surface area contributed by atoms with E-state index in [1.807, 2.05) is 29.2 Å². The Kier molecular flexibility index (Phi) is 6.21. The van der Waals surface area contributed by atoms with Crippen molar-refractivity contribution in [3.05, 3.63) is 64.9 Å². The van der Waals surface area contributed by atoms with E-state index in [4.69, 9.17) is 16.3 Å². The fourth-order valence-electron chi connectivity index (χ4n) is 3.99. The molecule has 0 spiro atoms. The molecule has 2 amide bonds. The highest BCUT2D eigenvalue weighted by atomic mass is 35.5. The Morgan fingerprint density at radius 1 is 1.14 bits per heavy atom. The van der Waals surface area contributed by atoms with Crippen LogP contribution in [-0.2, 0) is 4.74 Å². The summed E-state index contributed by atoms with van der Waals surface area (Å²) in [4.78, 5) is 17.0. The highest BCUT2D eigenvalue weighted by molar-refractivity contribution is 6.30. The zero-order valence-electron chi connectivity index (χ0n) is 16.2. The molecule has 7 heteroatoms. The zero-order chi connectivity index (χ0) is 20.2. The maximum atomic E-state index is 13.3. The quantitative estimate of drug-likeness (QED) is 0.809. The summed E-state index contributed by atoms with van der Waals surface area (Å²) in [6.07, 6.45) is 1.76. The van der Waals surface area contributed by atoms with Gasteiger partial charge in [0.1, 0.15) is 5.82 Å². The first-order valence-electron chi connectivity index (χ1n) is 10.0. The lowest BCUT2D eigenvalue weighted by Gasteiger charge is -2.37. The van der Waals surface area contributed by atoms with Crippen molar-refractivity contribution in [2.45, 2.75) is 25.0 Å². The predicted molar refractivity (Wildman–Crippen MR) is 112 cm³/mol. The van der Waals surface area contributed by atoms with E-state index in [2.05, 4.69) is 10.2 Å². The van der Waals surface area contributed by atoms with Crippen LogP contribution in [-0.4, -0.2) is 49.8 Å². The number of ether oxygens (including phenoxy) is 1. The molecule has 2 fully saturated rings. The van der Waals surface area contributed by atoms with Crippen LogP contribution in [0.1, 0.15) is 24.4 Å². The highest BCUT2D eigenvalue weighted by Crippen LogP contribution is 2.28. The number of carbonyl (C=O) groups is 1. The van der Waals surface area contributed by atoms with Crippen molar-refractivity contribution in [2.75, 3.05) is 37.7 Å². The van der Waals surface area contributed by atoms with Gasteiger partial charge in [-0.15, -0.1) is 0 Å². The Morgan fingerprint density at radius 3 is 2.55 bits per heavy atom. The lowest BCUT2D eigenvalue weighted by molar-refractivity contribution is 0.0777. The van der Waals surface area contributed by atoms with Crippen LogP contribution >= 0.6 is 11.6 Å². The van der Waals surface area contributed by atoms with E-state index in [9.17, 15) is 9.18 Å². The van der Waals surface area contributed by atoms with Gasteiger partial charge < -0.3 is 19.9 Å². The molecule has 0 radical (unpaired) electrons. The average Bonchev–Trinajstić information content (AvgIpc) is 3.27. The van der Waals surface area contributed by atoms with E-state index >= 15 is 0 Å². The van der Waals surface area contributed by atoms with Gasteiger partial charge in [-0.25, -0.2) is 9.18 Å². The largest absolute Gasteiger partial charge is 0.376 e. The van der Waals surface area contributed by atoms with Crippen molar-refractivity contribution in [3.8, 4) is 0 Å². The van der Waals surface area contributed by atoms with Gasteiger partial charge in [-0.05, 0) is 48.7 Å². The Hall–Kier alpha value is -2.31. The Morgan fingerprint density at radius 2 is 1.90 bits per heavy atom. The van der Waals surface area contributed by atoms with Crippen molar-refractivity contribution < 1.29 is 13.9 Å². The number of amides is 2. The van der Waals surface area contributed by atoms with Crippen LogP contribution < -0.4 is 10.2 Å². The van der Waals surface area contributed by atoms with Gasteiger partial charge in [0.2, 0.25) is 0 Å². The molecule has 29 heavy (non-hydrogen) atoms. The Labute approximate surface area is 175 Å². The number of benzene rings is 2. The molecule has 2 aliphatic rings. The third-order valence-corrected chi connectivity index (χ3v) is 5.82. The SMILES string of the molecule is O=C(N[C@H](c1ccc(F)cc1)[C@@H]1CCCO1)N1CCN(c2cccc(Cl)c2)CC1. The minimum atomic E-state index is -0.289. The fourth-order valence-corrected chi connectivity index (χ4v) is 4.18. The van der Waals surface area contributed by atoms with Crippen molar-refractivity contribution >= 4 is 23.3 Å². The van der Waals surface area contributed by atoms with Gasteiger partial charge in [-0.3, -0.25) is 0 Å². The van der Waals surface area contributed by atoms with E-state index in [1.54, 1.807) is 12.1 Å². The number of carbonyl (C=O) groups excluding carboxylic acids is 1.